The van der Waals surface area contributed by atoms with Crippen LogP contribution in [0.2, 0.25) is 0 Å². The summed E-state index contributed by atoms with van der Waals surface area (Å²) in [5.41, 5.74) is 0.440. The molecule has 1 aromatic heterocycles. The summed E-state index contributed by atoms with van der Waals surface area (Å²) in [7, 11) is 0. The molecule has 1 amide bonds. The predicted molar refractivity (Wildman–Crippen MR) is 50.9 cm³/mol. The van der Waals surface area contributed by atoms with Gasteiger partial charge in [0.2, 0.25) is 0 Å². The molecular weight excluding hydrogens is 164 g/mol. The van der Waals surface area contributed by atoms with Crippen molar-refractivity contribution in [2.45, 2.75) is 0 Å². The monoisotopic (exact) mass is 176 g/mol. The topological polar surface area (TPSA) is 33.2 Å². The van der Waals surface area contributed by atoms with E-state index in [9.17, 15) is 4.79 Å². The summed E-state index contributed by atoms with van der Waals surface area (Å²) >= 11 is 0. The minimum Gasteiger partial charge on any atom is -0.337 e. The lowest BCUT2D eigenvalue weighted by molar-refractivity contribution is 0.0783. The zero-order valence-corrected chi connectivity index (χ0v) is 7.44. The van der Waals surface area contributed by atoms with Crippen molar-refractivity contribution >= 4 is 5.91 Å². The quantitative estimate of drug-likeness (QED) is 0.693. The molecule has 0 spiro atoms. The fraction of sp³-hybridized carbons (Fsp3) is 0.200. The van der Waals surface area contributed by atoms with Crippen molar-refractivity contribution in [2.24, 2.45) is 0 Å². The zero-order valence-electron chi connectivity index (χ0n) is 7.44. The molecule has 0 unspecified atom stereocenters. The Morgan fingerprint density at radius 1 is 1.38 bits per heavy atom. The summed E-state index contributed by atoms with van der Waals surface area (Å²) in [6.07, 6.45) is 1.59. The zero-order chi connectivity index (χ0) is 9.68. The van der Waals surface area contributed by atoms with Crippen LogP contribution in [0, 0.1) is 13.8 Å². The number of pyridine rings is 1. The van der Waals surface area contributed by atoms with Crippen LogP contribution >= 0.6 is 0 Å². The van der Waals surface area contributed by atoms with Gasteiger partial charge in [-0.05, 0) is 26.0 Å². The standard InChI is InChI=1S/C10H12N2O/c1-3-12(4-2)10(13)9-7-5-6-8-11-9/h5-8H,1-4H2. The first-order valence-electron chi connectivity index (χ1n) is 4.08. The van der Waals surface area contributed by atoms with Gasteiger partial charge in [0, 0.05) is 19.3 Å². The molecule has 0 aliphatic heterocycles. The minimum absolute atomic E-state index is 0.120. The molecule has 1 aromatic rings. The van der Waals surface area contributed by atoms with E-state index in [1.807, 2.05) is 0 Å². The van der Waals surface area contributed by atoms with Crippen molar-refractivity contribution in [3.8, 4) is 0 Å². The van der Waals surface area contributed by atoms with E-state index < -0.39 is 0 Å². The second-order valence-corrected chi connectivity index (χ2v) is 2.51. The molecule has 0 aliphatic rings. The number of hydrogen-bond acceptors (Lipinski definition) is 2. The first kappa shape index (κ1) is 9.71. The Morgan fingerprint density at radius 3 is 2.54 bits per heavy atom. The van der Waals surface area contributed by atoms with Gasteiger partial charge in [0.15, 0.2) is 0 Å². The van der Waals surface area contributed by atoms with Gasteiger partial charge >= 0.3 is 0 Å². The molecule has 0 bridgehead atoms. The van der Waals surface area contributed by atoms with Crippen molar-refractivity contribution in [2.75, 3.05) is 13.1 Å². The highest BCUT2D eigenvalue weighted by Gasteiger charge is 2.12. The van der Waals surface area contributed by atoms with Gasteiger partial charge in [-0.25, -0.2) is 0 Å². The van der Waals surface area contributed by atoms with Crippen LogP contribution in [-0.2, 0) is 0 Å². The number of amides is 1. The molecular formula is C10H12N2O. The lowest BCUT2D eigenvalue weighted by Gasteiger charge is -2.17. The van der Waals surface area contributed by atoms with Crippen LogP contribution in [0.25, 0.3) is 0 Å². The molecule has 0 saturated heterocycles. The molecule has 1 heterocycles. The molecule has 0 aliphatic carbocycles. The van der Waals surface area contributed by atoms with Gasteiger partial charge in [-0.1, -0.05) is 6.07 Å². The van der Waals surface area contributed by atoms with Crippen LogP contribution in [-0.4, -0.2) is 28.9 Å². The van der Waals surface area contributed by atoms with Crippen molar-refractivity contribution in [1.82, 2.24) is 9.88 Å². The number of nitrogens with zero attached hydrogens (tertiary/aromatic N) is 2. The number of rotatable bonds is 3. The average molecular weight is 176 g/mol. The van der Waals surface area contributed by atoms with E-state index >= 15 is 0 Å². The van der Waals surface area contributed by atoms with Gasteiger partial charge in [-0.3, -0.25) is 9.78 Å². The minimum atomic E-state index is -0.120. The average Bonchev–Trinajstić information content (AvgIpc) is 2.21. The molecule has 0 aromatic carbocycles. The summed E-state index contributed by atoms with van der Waals surface area (Å²) in [6.45, 7) is 8.11. The van der Waals surface area contributed by atoms with Crippen molar-refractivity contribution in [3.05, 3.63) is 43.9 Å². The summed E-state index contributed by atoms with van der Waals surface area (Å²) in [6, 6.07) is 5.24. The molecule has 0 atom stereocenters. The fourth-order valence-electron chi connectivity index (χ4n) is 0.966. The Morgan fingerprint density at radius 2 is 2.08 bits per heavy atom. The Balaban J connectivity index is 2.78. The van der Waals surface area contributed by atoms with Crippen molar-refractivity contribution in [1.29, 1.82) is 0 Å². The van der Waals surface area contributed by atoms with Gasteiger partial charge in [-0.15, -0.1) is 0 Å². The van der Waals surface area contributed by atoms with Gasteiger partial charge < -0.3 is 4.90 Å². The van der Waals surface area contributed by atoms with E-state index in [-0.39, 0.29) is 5.91 Å². The lowest BCUT2D eigenvalue weighted by Crippen LogP contribution is -2.31. The SMILES string of the molecule is [CH2]CN(C[CH2])C(=O)c1ccccn1. The molecule has 0 saturated carbocycles. The molecule has 2 radical (unpaired) electrons. The first-order valence-corrected chi connectivity index (χ1v) is 4.08. The van der Waals surface area contributed by atoms with Crippen molar-refractivity contribution in [3.63, 3.8) is 0 Å². The molecule has 0 fully saturated rings. The second kappa shape index (κ2) is 4.60. The van der Waals surface area contributed by atoms with Crippen LogP contribution in [0.4, 0.5) is 0 Å². The molecule has 0 N–H and O–H groups in total. The highest BCUT2D eigenvalue weighted by atomic mass is 16.2. The Labute approximate surface area is 78.4 Å². The van der Waals surface area contributed by atoms with Crippen LogP contribution in [0.15, 0.2) is 24.4 Å². The lowest BCUT2D eigenvalue weighted by atomic mass is 10.3. The molecule has 3 heteroatoms. The summed E-state index contributed by atoms with van der Waals surface area (Å²) in [5, 5.41) is 0. The van der Waals surface area contributed by atoms with E-state index in [0.717, 1.165) is 0 Å². The smallest absolute Gasteiger partial charge is 0.272 e. The molecule has 1 rings (SSSR count). The van der Waals surface area contributed by atoms with Crippen LogP contribution in [0.3, 0.4) is 0 Å². The summed E-state index contributed by atoms with van der Waals surface area (Å²) in [4.78, 5) is 17.1. The number of carbonyl (C=O) groups is 1. The number of hydrogen-bond donors (Lipinski definition) is 0. The Hall–Kier alpha value is -1.38. The molecule has 68 valence electrons. The number of carbonyl (C=O) groups excluding carboxylic acids is 1. The van der Waals surface area contributed by atoms with Gasteiger partial charge in [0.25, 0.3) is 5.91 Å². The third-order valence-electron chi connectivity index (χ3n) is 1.71. The Kier molecular flexibility index (Phi) is 3.43. The third-order valence-corrected chi connectivity index (χ3v) is 1.71. The van der Waals surface area contributed by atoms with Crippen LogP contribution in [0.1, 0.15) is 10.5 Å². The van der Waals surface area contributed by atoms with Crippen LogP contribution in [0.5, 0.6) is 0 Å². The van der Waals surface area contributed by atoms with Gasteiger partial charge in [-0.2, -0.15) is 0 Å². The largest absolute Gasteiger partial charge is 0.337 e. The highest BCUT2D eigenvalue weighted by Crippen LogP contribution is 1.99. The first-order chi connectivity index (χ1) is 6.29. The van der Waals surface area contributed by atoms with E-state index in [1.165, 1.54) is 4.90 Å². The third kappa shape index (κ3) is 2.28. The molecule has 13 heavy (non-hydrogen) atoms. The molecule has 3 nitrogen and oxygen atoms in total. The predicted octanol–water partition coefficient (Wildman–Crippen LogP) is 1.19. The summed E-state index contributed by atoms with van der Waals surface area (Å²) in [5.74, 6) is -0.120. The van der Waals surface area contributed by atoms with E-state index in [1.54, 1.807) is 24.4 Å². The maximum absolute atomic E-state index is 11.6. The maximum Gasteiger partial charge on any atom is 0.272 e. The normalized spacial score (nSPS) is 9.69. The summed E-state index contributed by atoms with van der Waals surface area (Å²) < 4.78 is 0. The number of aromatic nitrogens is 1. The fourth-order valence-corrected chi connectivity index (χ4v) is 0.966. The van der Waals surface area contributed by atoms with Crippen LogP contribution < -0.4 is 0 Å². The van der Waals surface area contributed by atoms with E-state index in [2.05, 4.69) is 18.8 Å². The van der Waals surface area contributed by atoms with Crippen molar-refractivity contribution < 1.29 is 4.79 Å². The Bertz CT molecular complexity index is 268. The van der Waals surface area contributed by atoms with E-state index in [4.69, 9.17) is 0 Å². The second-order valence-electron chi connectivity index (χ2n) is 2.51. The maximum atomic E-state index is 11.6. The van der Waals surface area contributed by atoms with E-state index in [0.29, 0.717) is 18.8 Å². The van der Waals surface area contributed by atoms with Gasteiger partial charge in [0.1, 0.15) is 5.69 Å². The highest BCUT2D eigenvalue weighted by molar-refractivity contribution is 5.92. The van der Waals surface area contributed by atoms with Gasteiger partial charge in [0.05, 0.1) is 0 Å².